The summed E-state index contributed by atoms with van der Waals surface area (Å²) < 4.78 is 1.69. The van der Waals surface area contributed by atoms with Crippen LogP contribution in [0.25, 0.3) is 5.69 Å². The van der Waals surface area contributed by atoms with Gasteiger partial charge in [0.1, 0.15) is 0 Å². The first kappa shape index (κ1) is 15.4. The van der Waals surface area contributed by atoms with E-state index in [0.29, 0.717) is 11.1 Å². The topological polar surface area (TPSA) is 34.9 Å². The van der Waals surface area contributed by atoms with E-state index in [0.717, 1.165) is 11.4 Å². The Kier molecular flexibility index (Phi) is 4.87. The molecule has 0 N–H and O–H groups in total. The van der Waals surface area contributed by atoms with Gasteiger partial charge in [-0.2, -0.15) is 29.4 Å². The summed E-state index contributed by atoms with van der Waals surface area (Å²) in [6, 6.07) is 19.9. The standard InChI is InChI=1S/C17H13N2O.Pt/c1-13-16(17(20)14-8-4-2-5-9-14)12-19(18-13)15-10-6-3-7-11-15;/h2-10,12H,1H3;/q-1;. The average Bonchev–Trinajstić information content (AvgIpc) is 2.90. The Balaban J connectivity index is 0.00000161. The van der Waals surface area contributed by atoms with Crippen LogP contribution in [0.15, 0.2) is 60.8 Å². The van der Waals surface area contributed by atoms with Crippen LogP contribution in [0.1, 0.15) is 21.6 Å². The number of hydrogen-bond donors (Lipinski definition) is 0. The first-order valence-corrected chi connectivity index (χ1v) is 6.39. The second-order valence-electron chi connectivity index (χ2n) is 4.52. The van der Waals surface area contributed by atoms with Crippen molar-refractivity contribution in [2.24, 2.45) is 0 Å². The number of hydrogen-bond acceptors (Lipinski definition) is 2. The van der Waals surface area contributed by atoms with Gasteiger partial charge in [0.25, 0.3) is 0 Å². The molecule has 3 aromatic rings. The van der Waals surface area contributed by atoms with Crippen LogP contribution in [0.2, 0.25) is 0 Å². The van der Waals surface area contributed by atoms with Crippen molar-refractivity contribution < 1.29 is 25.9 Å². The number of rotatable bonds is 3. The van der Waals surface area contributed by atoms with Crippen molar-refractivity contribution in [3.8, 4) is 5.69 Å². The van der Waals surface area contributed by atoms with Gasteiger partial charge in [-0.1, -0.05) is 30.3 Å². The van der Waals surface area contributed by atoms with Gasteiger partial charge >= 0.3 is 0 Å². The van der Waals surface area contributed by atoms with Gasteiger partial charge in [0.2, 0.25) is 0 Å². The Morgan fingerprint density at radius 2 is 1.81 bits per heavy atom. The molecule has 0 amide bonds. The third kappa shape index (κ3) is 3.19. The Hall–Kier alpha value is -1.99. The van der Waals surface area contributed by atoms with Gasteiger partial charge in [-0.15, -0.1) is 6.07 Å². The number of para-hydroxylation sites is 1. The largest absolute Gasteiger partial charge is 0.288 e. The van der Waals surface area contributed by atoms with E-state index in [9.17, 15) is 4.79 Å². The third-order valence-electron chi connectivity index (χ3n) is 3.12. The summed E-state index contributed by atoms with van der Waals surface area (Å²) in [4.78, 5) is 12.4. The maximum absolute atomic E-state index is 12.4. The quantitative estimate of drug-likeness (QED) is 0.448. The minimum Gasteiger partial charge on any atom is -0.288 e. The van der Waals surface area contributed by atoms with Gasteiger partial charge in [0, 0.05) is 32.8 Å². The minimum absolute atomic E-state index is 0. The van der Waals surface area contributed by atoms with Gasteiger partial charge in [0.15, 0.2) is 5.78 Å². The molecule has 1 heterocycles. The molecule has 0 radical (unpaired) electrons. The van der Waals surface area contributed by atoms with E-state index in [1.54, 1.807) is 10.9 Å². The van der Waals surface area contributed by atoms with Gasteiger partial charge in [-0.3, -0.25) is 9.48 Å². The van der Waals surface area contributed by atoms with E-state index >= 15 is 0 Å². The molecule has 0 aliphatic carbocycles. The van der Waals surface area contributed by atoms with Crippen LogP contribution in [0.3, 0.4) is 0 Å². The summed E-state index contributed by atoms with van der Waals surface area (Å²) in [6.07, 6.45) is 1.76. The van der Waals surface area contributed by atoms with Crippen LogP contribution in [-0.2, 0) is 21.1 Å². The Bertz CT molecular complexity index is 736. The van der Waals surface area contributed by atoms with Crippen molar-refractivity contribution in [3.63, 3.8) is 0 Å². The molecule has 0 aliphatic heterocycles. The Morgan fingerprint density at radius 1 is 1.10 bits per heavy atom. The monoisotopic (exact) mass is 456 g/mol. The SMILES string of the molecule is Cc1nn(-c2[c-]cccc2)cc1C(=O)c1ccccc1.[Pt]. The fourth-order valence-corrected chi connectivity index (χ4v) is 2.08. The maximum Gasteiger partial charge on any atom is 0.196 e. The number of aryl methyl sites for hydroxylation is 1. The molecule has 108 valence electrons. The number of carbonyl (C=O) groups is 1. The van der Waals surface area contributed by atoms with E-state index in [-0.39, 0.29) is 26.8 Å². The summed E-state index contributed by atoms with van der Waals surface area (Å²) in [6.45, 7) is 1.84. The first-order chi connectivity index (χ1) is 9.75. The molecule has 0 bridgehead atoms. The van der Waals surface area contributed by atoms with Crippen molar-refractivity contribution >= 4 is 5.78 Å². The molecule has 4 heteroatoms. The van der Waals surface area contributed by atoms with E-state index in [4.69, 9.17) is 0 Å². The second kappa shape index (κ2) is 6.64. The van der Waals surface area contributed by atoms with Crippen molar-refractivity contribution in [1.82, 2.24) is 9.78 Å². The average molecular weight is 456 g/mol. The Morgan fingerprint density at radius 3 is 2.48 bits per heavy atom. The first-order valence-electron chi connectivity index (χ1n) is 6.39. The number of aromatic nitrogens is 2. The normalized spacial score (nSPS) is 9.95. The smallest absolute Gasteiger partial charge is 0.196 e. The van der Waals surface area contributed by atoms with Gasteiger partial charge < -0.3 is 0 Å². The number of nitrogens with zero attached hydrogens (tertiary/aromatic N) is 2. The van der Waals surface area contributed by atoms with Crippen molar-refractivity contribution in [2.45, 2.75) is 6.92 Å². The molecule has 0 saturated heterocycles. The third-order valence-corrected chi connectivity index (χ3v) is 3.12. The molecule has 0 saturated carbocycles. The predicted molar refractivity (Wildman–Crippen MR) is 77.0 cm³/mol. The summed E-state index contributed by atoms with van der Waals surface area (Å²) in [5.41, 5.74) is 2.83. The van der Waals surface area contributed by atoms with Gasteiger partial charge in [0.05, 0.1) is 11.3 Å². The zero-order valence-corrected chi connectivity index (χ0v) is 13.7. The fourth-order valence-electron chi connectivity index (χ4n) is 2.08. The number of ketones is 1. The number of carbonyl (C=O) groups excluding carboxylic acids is 1. The van der Waals surface area contributed by atoms with Crippen LogP contribution in [0.4, 0.5) is 0 Å². The molecular formula is C17H13N2OPt-. The van der Waals surface area contributed by atoms with E-state index in [1.807, 2.05) is 61.5 Å². The van der Waals surface area contributed by atoms with Crippen molar-refractivity contribution in [1.29, 1.82) is 0 Å². The minimum atomic E-state index is -0.00900. The van der Waals surface area contributed by atoms with E-state index in [1.165, 1.54) is 0 Å². The molecule has 3 nitrogen and oxygen atoms in total. The van der Waals surface area contributed by atoms with Crippen LogP contribution >= 0.6 is 0 Å². The second-order valence-corrected chi connectivity index (χ2v) is 4.52. The van der Waals surface area contributed by atoms with Gasteiger partial charge in [-0.25, -0.2) is 0 Å². The molecule has 0 atom stereocenters. The fraction of sp³-hybridized carbons (Fsp3) is 0.0588. The van der Waals surface area contributed by atoms with Crippen LogP contribution in [0.5, 0.6) is 0 Å². The molecule has 0 fully saturated rings. The molecule has 3 rings (SSSR count). The summed E-state index contributed by atoms with van der Waals surface area (Å²) in [5.74, 6) is -0.00900. The molecule has 2 aromatic carbocycles. The molecule has 21 heavy (non-hydrogen) atoms. The van der Waals surface area contributed by atoms with E-state index in [2.05, 4.69) is 11.2 Å². The van der Waals surface area contributed by atoms with Crippen LogP contribution < -0.4 is 0 Å². The van der Waals surface area contributed by atoms with Crippen LogP contribution in [0, 0.1) is 13.0 Å². The van der Waals surface area contributed by atoms with Gasteiger partial charge in [-0.05, 0) is 12.6 Å². The predicted octanol–water partition coefficient (Wildman–Crippen LogP) is 3.21. The summed E-state index contributed by atoms with van der Waals surface area (Å²) in [5, 5.41) is 4.39. The zero-order valence-electron chi connectivity index (χ0n) is 11.4. The van der Waals surface area contributed by atoms with Crippen molar-refractivity contribution in [2.75, 3.05) is 0 Å². The van der Waals surface area contributed by atoms with Crippen LogP contribution in [-0.4, -0.2) is 15.6 Å². The zero-order chi connectivity index (χ0) is 13.9. The molecule has 0 unspecified atom stereocenters. The summed E-state index contributed by atoms with van der Waals surface area (Å²) >= 11 is 0. The summed E-state index contributed by atoms with van der Waals surface area (Å²) in [7, 11) is 0. The number of benzene rings is 2. The molecule has 0 aliphatic rings. The Labute approximate surface area is 137 Å². The van der Waals surface area contributed by atoms with Crippen molar-refractivity contribution in [3.05, 3.63) is 83.7 Å². The molecular weight excluding hydrogens is 443 g/mol. The maximum atomic E-state index is 12.4. The molecule has 1 aromatic heterocycles. The molecule has 0 spiro atoms. The van der Waals surface area contributed by atoms with E-state index < -0.39 is 0 Å².